The molecule has 0 saturated heterocycles. The Labute approximate surface area is 156 Å². The van der Waals surface area contributed by atoms with E-state index in [1.165, 1.54) is 13.8 Å². The summed E-state index contributed by atoms with van der Waals surface area (Å²) in [4.78, 5) is 15.5. The van der Waals surface area contributed by atoms with Crippen molar-refractivity contribution in [2.24, 2.45) is 0 Å². The molecule has 0 spiro atoms. The number of nitrogens with zero attached hydrogens (tertiary/aromatic N) is 1. The summed E-state index contributed by atoms with van der Waals surface area (Å²) in [6.45, 7) is 9.68. The van der Waals surface area contributed by atoms with E-state index in [-0.39, 0.29) is 18.4 Å². The molecule has 1 aliphatic rings. The van der Waals surface area contributed by atoms with Gasteiger partial charge in [0.05, 0.1) is 35.9 Å². The predicted octanol–water partition coefficient (Wildman–Crippen LogP) is 4.76. The molecular weight excluding hydrogens is 390 g/mol. The summed E-state index contributed by atoms with van der Waals surface area (Å²) in [5.41, 5.74) is -4.47. The first-order valence-electron chi connectivity index (χ1n) is 7.94. The van der Waals surface area contributed by atoms with E-state index in [0.717, 1.165) is 6.07 Å². The van der Waals surface area contributed by atoms with E-state index in [2.05, 4.69) is 10.2 Å². The van der Waals surface area contributed by atoms with E-state index in [1.54, 1.807) is 0 Å². The quantitative estimate of drug-likeness (QED) is 0.447. The molecule has 1 aliphatic heterocycles. The fourth-order valence-electron chi connectivity index (χ4n) is 2.93. The maximum absolute atomic E-state index is 13.6. The Morgan fingerprint density at radius 1 is 1.36 bits per heavy atom. The van der Waals surface area contributed by atoms with Crippen molar-refractivity contribution in [3.05, 3.63) is 69.2 Å². The second kappa shape index (κ2) is 7.96. The van der Waals surface area contributed by atoms with Crippen molar-refractivity contribution in [3.8, 4) is 0 Å². The second-order valence-electron chi connectivity index (χ2n) is 5.76. The molecule has 0 radical (unpaired) electrons. The van der Waals surface area contributed by atoms with Crippen LogP contribution in [-0.4, -0.2) is 19.0 Å². The maximum Gasteiger partial charge on any atom is 0.416 e. The number of allylic oxidation sites excluding steroid dienone is 3. The fourth-order valence-corrected chi connectivity index (χ4v) is 2.93. The van der Waals surface area contributed by atoms with Gasteiger partial charge in [-0.15, -0.1) is 0 Å². The molecule has 0 aliphatic carbocycles. The van der Waals surface area contributed by atoms with Crippen LogP contribution >= 0.6 is 0 Å². The molecule has 10 heteroatoms. The molecule has 4 nitrogen and oxygen atoms in total. The van der Waals surface area contributed by atoms with Gasteiger partial charge in [-0.3, -0.25) is 0 Å². The fraction of sp³-hybridized carbons (Fsp3) is 0.333. The van der Waals surface area contributed by atoms with Crippen LogP contribution in [0.1, 0.15) is 30.9 Å². The number of hydrogen-bond donors (Lipinski definition) is 1. The van der Waals surface area contributed by atoms with Gasteiger partial charge in [0, 0.05) is 5.70 Å². The van der Waals surface area contributed by atoms with E-state index in [4.69, 9.17) is 11.3 Å². The predicted molar refractivity (Wildman–Crippen MR) is 86.2 cm³/mol. The second-order valence-corrected chi connectivity index (χ2v) is 5.76. The summed E-state index contributed by atoms with van der Waals surface area (Å²) in [6.07, 6.45) is -8.30. The first-order chi connectivity index (χ1) is 13.0. The van der Waals surface area contributed by atoms with E-state index in [9.17, 15) is 31.1 Å². The van der Waals surface area contributed by atoms with E-state index in [1.807, 2.05) is 0 Å². The summed E-state index contributed by atoms with van der Waals surface area (Å²) in [5, 5.41) is 2.21. The summed E-state index contributed by atoms with van der Waals surface area (Å²) in [7, 11) is 0. The van der Waals surface area contributed by atoms with Crippen molar-refractivity contribution in [2.75, 3.05) is 6.61 Å². The largest absolute Gasteiger partial charge is 0.463 e. The van der Waals surface area contributed by atoms with Gasteiger partial charge in [-0.05, 0) is 31.5 Å². The van der Waals surface area contributed by atoms with Crippen LogP contribution in [0.3, 0.4) is 0 Å². The van der Waals surface area contributed by atoms with Crippen LogP contribution in [0.2, 0.25) is 0 Å². The first kappa shape index (κ1) is 21.3. The topological polar surface area (TPSA) is 42.7 Å². The van der Waals surface area contributed by atoms with Crippen molar-refractivity contribution in [2.45, 2.75) is 32.4 Å². The van der Waals surface area contributed by atoms with Crippen LogP contribution in [0.5, 0.6) is 0 Å². The van der Waals surface area contributed by atoms with Crippen LogP contribution < -0.4 is 5.32 Å². The third-order valence-electron chi connectivity index (χ3n) is 4.02. The average Bonchev–Trinajstić information content (AvgIpc) is 2.60. The maximum atomic E-state index is 13.6. The molecule has 28 heavy (non-hydrogen) atoms. The van der Waals surface area contributed by atoms with Crippen molar-refractivity contribution >= 4 is 5.97 Å². The molecule has 0 amide bonds. The Morgan fingerprint density at radius 2 is 2.00 bits per heavy atom. The third kappa shape index (κ3) is 3.98. The van der Waals surface area contributed by atoms with Gasteiger partial charge in [-0.1, -0.05) is 6.07 Å². The van der Waals surface area contributed by atoms with Gasteiger partial charge >= 0.3 is 12.1 Å². The molecule has 0 fully saturated rings. The number of halogens is 6. The molecule has 1 aromatic rings. The molecule has 1 unspecified atom stereocenters. The Balaban J connectivity index is 2.88. The van der Waals surface area contributed by atoms with E-state index < -0.39 is 58.4 Å². The minimum atomic E-state index is -5.05. The lowest BCUT2D eigenvalue weighted by Crippen LogP contribution is -2.33. The van der Waals surface area contributed by atoms with Crippen LogP contribution in [-0.2, 0) is 15.7 Å². The van der Waals surface area contributed by atoms with Gasteiger partial charge < -0.3 is 10.1 Å². The first-order valence-corrected chi connectivity index (χ1v) is 7.94. The number of esters is 1. The zero-order valence-corrected chi connectivity index (χ0v) is 14.6. The summed E-state index contributed by atoms with van der Waals surface area (Å²) in [5.74, 6) is -4.29. The highest BCUT2D eigenvalue weighted by Crippen LogP contribution is 2.45. The van der Waals surface area contributed by atoms with E-state index in [0.29, 0.717) is 6.07 Å². The summed E-state index contributed by atoms with van der Waals surface area (Å²) < 4.78 is 85.8. The number of carbonyl (C=O) groups excluding carboxylic acids is 1. The molecule has 0 aromatic heterocycles. The van der Waals surface area contributed by atoms with Crippen molar-refractivity contribution in [1.82, 2.24) is 5.32 Å². The van der Waals surface area contributed by atoms with Crippen LogP contribution in [0.25, 0.3) is 4.85 Å². The number of hydrogen-bond acceptors (Lipinski definition) is 3. The zero-order chi connectivity index (χ0) is 21.2. The minimum absolute atomic E-state index is 0.138. The monoisotopic (exact) mass is 404 g/mol. The normalized spacial score (nSPS) is 17.5. The summed E-state index contributed by atoms with van der Waals surface area (Å²) >= 11 is 0. The highest BCUT2D eigenvalue weighted by Gasteiger charge is 2.43. The molecule has 1 heterocycles. The van der Waals surface area contributed by atoms with Crippen molar-refractivity contribution < 1.29 is 35.9 Å². The molecule has 0 saturated carbocycles. The highest BCUT2D eigenvalue weighted by molar-refractivity contribution is 5.93. The smallest absolute Gasteiger partial charge is 0.416 e. The molecule has 150 valence electrons. The molecule has 0 bridgehead atoms. The van der Waals surface area contributed by atoms with Gasteiger partial charge in [0.2, 0.25) is 0 Å². The third-order valence-corrected chi connectivity index (χ3v) is 4.02. The van der Waals surface area contributed by atoms with Gasteiger partial charge in [0.1, 0.15) is 5.82 Å². The van der Waals surface area contributed by atoms with E-state index >= 15 is 0 Å². The molecule has 1 atom stereocenters. The lowest BCUT2D eigenvalue weighted by Gasteiger charge is -2.30. The Morgan fingerprint density at radius 3 is 2.50 bits per heavy atom. The average molecular weight is 404 g/mol. The van der Waals surface area contributed by atoms with Crippen LogP contribution in [0.4, 0.5) is 26.3 Å². The molecule has 1 N–H and O–H groups in total. The van der Waals surface area contributed by atoms with Crippen molar-refractivity contribution in [3.63, 3.8) is 0 Å². The number of alkyl halides is 5. The number of dihydropyridines is 1. The Bertz CT molecular complexity index is 896. The zero-order valence-electron chi connectivity index (χ0n) is 14.6. The Hall–Kier alpha value is -2.96. The molecule has 2 rings (SSSR count). The number of carbonyl (C=O) groups is 1. The number of ether oxygens (including phenoxy) is 1. The molecule has 1 aromatic carbocycles. The van der Waals surface area contributed by atoms with Gasteiger partial charge in [0.25, 0.3) is 6.43 Å². The lowest BCUT2D eigenvalue weighted by atomic mass is 9.81. The number of nitrogens with one attached hydrogen (secondary N) is 1. The van der Waals surface area contributed by atoms with Crippen LogP contribution in [0, 0.1) is 12.4 Å². The van der Waals surface area contributed by atoms with Crippen LogP contribution in [0.15, 0.2) is 40.9 Å². The molecular formula is C18H14F6N2O2. The number of rotatable bonds is 4. The minimum Gasteiger partial charge on any atom is -0.463 e. The number of benzene rings is 1. The van der Waals surface area contributed by atoms with Gasteiger partial charge in [0.15, 0.2) is 5.70 Å². The van der Waals surface area contributed by atoms with Gasteiger partial charge in [-0.25, -0.2) is 22.8 Å². The van der Waals surface area contributed by atoms with Gasteiger partial charge in [-0.2, -0.15) is 13.2 Å². The lowest BCUT2D eigenvalue weighted by molar-refractivity contribution is -0.140. The standard InChI is InChI=1S/C18H14F6N2O2/c1-4-28-17(27)13-12(14(25-3)8(2)26-15(13)16(20)21)10-6-5-9(19)7-11(10)18(22,23)24/h5-7,12,16,26H,4H2,1-2H3. The Kier molecular flexibility index (Phi) is 6.07. The highest BCUT2D eigenvalue weighted by atomic mass is 19.4. The SMILES string of the molecule is [C-]#[N+]C1=C(C)NC(C(F)F)=C(C(=O)OCC)C1c1ccc(F)cc1C(F)(F)F. The van der Waals surface area contributed by atoms with Crippen molar-refractivity contribution in [1.29, 1.82) is 0 Å². The summed E-state index contributed by atoms with van der Waals surface area (Å²) in [6, 6.07) is 1.63.